The fourth-order valence-corrected chi connectivity index (χ4v) is 4.31. The molecule has 1 fully saturated rings. The van der Waals surface area contributed by atoms with Crippen molar-refractivity contribution in [2.24, 2.45) is 0 Å². The molecule has 0 bridgehead atoms. The summed E-state index contributed by atoms with van der Waals surface area (Å²) < 4.78 is 0. The maximum absolute atomic E-state index is 12.4. The minimum Gasteiger partial charge on any atom is -0.355 e. The Morgan fingerprint density at radius 2 is 1.97 bits per heavy atom. The van der Waals surface area contributed by atoms with E-state index in [0.29, 0.717) is 42.9 Å². The summed E-state index contributed by atoms with van der Waals surface area (Å²) in [5.74, 6) is 1.22. The highest BCUT2D eigenvalue weighted by Crippen LogP contribution is 2.24. The third kappa shape index (κ3) is 7.95. The molecule has 1 N–H and O–H groups in total. The molecule has 2 rings (SSSR count). The number of carbonyl (C=O) groups excluding carboxylic acids is 2. The van der Waals surface area contributed by atoms with Crippen molar-refractivity contribution in [3.05, 3.63) is 11.2 Å². The van der Waals surface area contributed by atoms with E-state index in [0.717, 1.165) is 37.9 Å². The van der Waals surface area contributed by atoms with Gasteiger partial charge in [0.2, 0.25) is 11.8 Å². The van der Waals surface area contributed by atoms with E-state index in [2.05, 4.69) is 41.0 Å². The molecule has 1 aliphatic heterocycles. The highest BCUT2D eigenvalue weighted by atomic mass is 35.5. The van der Waals surface area contributed by atoms with E-state index < -0.39 is 0 Å². The minimum absolute atomic E-state index is 0.0194. The van der Waals surface area contributed by atoms with Crippen LogP contribution in [0.4, 0.5) is 5.82 Å². The first-order valence-corrected chi connectivity index (χ1v) is 12.3. The summed E-state index contributed by atoms with van der Waals surface area (Å²) in [7, 11) is 0. The van der Waals surface area contributed by atoms with Crippen LogP contribution in [0.15, 0.2) is 11.2 Å². The number of hydrogen-bond donors (Lipinski definition) is 1. The van der Waals surface area contributed by atoms with Crippen molar-refractivity contribution < 1.29 is 9.59 Å². The minimum atomic E-state index is -0.0194. The molecule has 1 aliphatic rings. The van der Waals surface area contributed by atoms with E-state index in [4.69, 9.17) is 11.6 Å². The van der Waals surface area contributed by atoms with Gasteiger partial charge in [0.1, 0.15) is 11.0 Å². The SMILES string of the molecule is CCCCCNC(=O)CSc1nc(Cl)cc(N2CCN(C(=O)CCCC)C(C)C2)n1. The van der Waals surface area contributed by atoms with Crippen LogP contribution in [-0.4, -0.2) is 64.7 Å². The molecule has 1 atom stereocenters. The fourth-order valence-electron chi connectivity index (χ4n) is 3.40. The first-order chi connectivity index (χ1) is 14.4. The van der Waals surface area contributed by atoms with Crippen molar-refractivity contribution in [3.63, 3.8) is 0 Å². The van der Waals surface area contributed by atoms with Crippen LogP contribution in [0, 0.1) is 0 Å². The van der Waals surface area contributed by atoms with Gasteiger partial charge < -0.3 is 15.1 Å². The number of rotatable bonds is 11. The van der Waals surface area contributed by atoms with Crippen molar-refractivity contribution in [2.45, 2.75) is 70.5 Å². The molecular weight excluding hydrogens is 422 g/mol. The molecule has 1 saturated heterocycles. The Kier molecular flexibility index (Phi) is 10.7. The first-order valence-electron chi connectivity index (χ1n) is 10.9. The van der Waals surface area contributed by atoms with Gasteiger partial charge in [0.25, 0.3) is 0 Å². The summed E-state index contributed by atoms with van der Waals surface area (Å²) in [5.41, 5.74) is 0. The average molecular weight is 456 g/mol. The fraction of sp³-hybridized carbons (Fsp3) is 0.714. The predicted molar refractivity (Wildman–Crippen MR) is 123 cm³/mol. The Labute approximate surface area is 189 Å². The van der Waals surface area contributed by atoms with Gasteiger partial charge in [-0.05, 0) is 19.8 Å². The van der Waals surface area contributed by atoms with E-state index in [1.807, 2.05) is 4.90 Å². The number of aromatic nitrogens is 2. The molecule has 1 unspecified atom stereocenters. The van der Waals surface area contributed by atoms with Crippen LogP contribution in [0.5, 0.6) is 0 Å². The molecule has 0 saturated carbocycles. The van der Waals surface area contributed by atoms with Crippen LogP contribution in [0.2, 0.25) is 5.15 Å². The second kappa shape index (κ2) is 13.0. The zero-order valence-corrected chi connectivity index (χ0v) is 19.9. The van der Waals surface area contributed by atoms with Gasteiger partial charge in [-0.1, -0.05) is 56.5 Å². The summed E-state index contributed by atoms with van der Waals surface area (Å²) >= 11 is 7.51. The number of halogens is 1. The van der Waals surface area contributed by atoms with Gasteiger partial charge >= 0.3 is 0 Å². The van der Waals surface area contributed by atoms with Gasteiger partial charge in [0.05, 0.1) is 5.75 Å². The van der Waals surface area contributed by atoms with Crippen LogP contribution in [-0.2, 0) is 9.59 Å². The third-order valence-electron chi connectivity index (χ3n) is 5.11. The van der Waals surface area contributed by atoms with Gasteiger partial charge in [-0.25, -0.2) is 9.97 Å². The highest BCUT2D eigenvalue weighted by molar-refractivity contribution is 7.99. The first kappa shape index (κ1) is 24.7. The van der Waals surface area contributed by atoms with E-state index in [1.54, 1.807) is 6.07 Å². The Hall–Kier alpha value is -1.54. The number of anilines is 1. The van der Waals surface area contributed by atoms with E-state index in [1.165, 1.54) is 11.8 Å². The van der Waals surface area contributed by atoms with Crippen LogP contribution >= 0.6 is 23.4 Å². The number of hydrogen-bond acceptors (Lipinski definition) is 6. The van der Waals surface area contributed by atoms with Gasteiger partial charge in [-0.2, -0.15) is 0 Å². The Morgan fingerprint density at radius 1 is 1.20 bits per heavy atom. The van der Waals surface area contributed by atoms with Crippen LogP contribution < -0.4 is 10.2 Å². The van der Waals surface area contributed by atoms with Crippen LogP contribution in [0.3, 0.4) is 0 Å². The molecule has 0 radical (unpaired) electrons. The molecule has 0 spiro atoms. The normalized spacial score (nSPS) is 16.6. The molecule has 30 heavy (non-hydrogen) atoms. The lowest BCUT2D eigenvalue weighted by Crippen LogP contribution is -2.54. The van der Waals surface area contributed by atoms with Crippen LogP contribution in [0.25, 0.3) is 0 Å². The van der Waals surface area contributed by atoms with Crippen molar-refractivity contribution in [3.8, 4) is 0 Å². The predicted octanol–water partition coefficient (Wildman–Crippen LogP) is 3.76. The molecule has 1 aromatic rings. The summed E-state index contributed by atoms with van der Waals surface area (Å²) in [6.07, 6.45) is 5.81. The van der Waals surface area contributed by atoms with Crippen molar-refractivity contribution >= 4 is 41.0 Å². The quantitative estimate of drug-likeness (QED) is 0.237. The van der Waals surface area contributed by atoms with E-state index in [-0.39, 0.29) is 23.6 Å². The molecule has 168 valence electrons. The lowest BCUT2D eigenvalue weighted by Gasteiger charge is -2.40. The smallest absolute Gasteiger partial charge is 0.230 e. The summed E-state index contributed by atoms with van der Waals surface area (Å²) in [6.45, 7) is 9.08. The van der Waals surface area contributed by atoms with Gasteiger partial charge in [-0.3, -0.25) is 9.59 Å². The molecule has 2 amide bonds. The molecule has 2 heterocycles. The third-order valence-corrected chi connectivity index (χ3v) is 6.15. The number of unbranched alkanes of at least 4 members (excludes halogenated alkanes) is 3. The molecule has 7 nitrogen and oxygen atoms in total. The zero-order valence-electron chi connectivity index (χ0n) is 18.3. The number of amides is 2. The van der Waals surface area contributed by atoms with E-state index in [9.17, 15) is 9.59 Å². The second-order valence-electron chi connectivity index (χ2n) is 7.66. The highest BCUT2D eigenvalue weighted by Gasteiger charge is 2.28. The molecular formula is C21H34ClN5O2S. The van der Waals surface area contributed by atoms with Crippen molar-refractivity contribution in [1.29, 1.82) is 0 Å². The number of thioether (sulfide) groups is 1. The maximum Gasteiger partial charge on any atom is 0.230 e. The number of nitrogens with zero attached hydrogens (tertiary/aromatic N) is 4. The Bertz CT molecular complexity index is 706. The monoisotopic (exact) mass is 455 g/mol. The average Bonchev–Trinajstić information content (AvgIpc) is 2.73. The Morgan fingerprint density at radius 3 is 2.67 bits per heavy atom. The molecule has 1 aromatic heterocycles. The topological polar surface area (TPSA) is 78.4 Å². The van der Waals surface area contributed by atoms with E-state index >= 15 is 0 Å². The standard InChI is InChI=1S/C21H34ClN5O2S/c1-4-6-8-10-23-19(28)15-30-21-24-17(22)13-18(25-21)26-11-12-27(16(3)14-26)20(29)9-7-5-2/h13,16H,4-12,14-15H2,1-3H3,(H,23,28). The lowest BCUT2D eigenvalue weighted by atomic mass is 10.1. The lowest BCUT2D eigenvalue weighted by molar-refractivity contribution is -0.133. The molecule has 0 aliphatic carbocycles. The van der Waals surface area contributed by atoms with Gasteiger partial charge in [0.15, 0.2) is 5.16 Å². The number of piperazine rings is 1. The number of nitrogens with one attached hydrogen (secondary N) is 1. The van der Waals surface area contributed by atoms with Gasteiger partial charge in [0, 0.05) is 44.7 Å². The summed E-state index contributed by atoms with van der Waals surface area (Å²) in [5, 5.41) is 3.78. The summed E-state index contributed by atoms with van der Waals surface area (Å²) in [4.78, 5) is 37.4. The Balaban J connectivity index is 1.90. The van der Waals surface area contributed by atoms with Crippen molar-refractivity contribution in [1.82, 2.24) is 20.2 Å². The molecule has 0 aromatic carbocycles. The summed E-state index contributed by atoms with van der Waals surface area (Å²) in [6, 6.07) is 1.86. The zero-order chi connectivity index (χ0) is 21.9. The maximum atomic E-state index is 12.4. The number of carbonyl (C=O) groups is 2. The van der Waals surface area contributed by atoms with Crippen molar-refractivity contribution in [2.75, 3.05) is 36.8 Å². The largest absolute Gasteiger partial charge is 0.355 e. The second-order valence-corrected chi connectivity index (χ2v) is 8.99. The van der Waals surface area contributed by atoms with Gasteiger partial charge in [-0.15, -0.1) is 0 Å². The molecule has 9 heteroatoms. The van der Waals surface area contributed by atoms with Crippen LogP contribution in [0.1, 0.15) is 59.3 Å².